The molecule has 0 aromatic heterocycles. The van der Waals surface area contributed by atoms with Crippen LogP contribution in [0, 0.1) is 0 Å². The van der Waals surface area contributed by atoms with E-state index in [1.54, 1.807) is 6.07 Å². The van der Waals surface area contributed by atoms with E-state index in [9.17, 15) is 12.3 Å². The summed E-state index contributed by atoms with van der Waals surface area (Å²) in [4.78, 5) is -0.438. The summed E-state index contributed by atoms with van der Waals surface area (Å²) in [5.41, 5.74) is 6.11. The predicted molar refractivity (Wildman–Crippen MR) is 55.8 cm³/mol. The van der Waals surface area contributed by atoms with Crippen molar-refractivity contribution in [2.24, 2.45) is 0 Å². The minimum atomic E-state index is -4.69. The van der Waals surface area contributed by atoms with Gasteiger partial charge in [-0.1, -0.05) is 19.1 Å². The molecule has 1 aromatic carbocycles. The molecule has 0 aliphatic heterocycles. The summed E-state index contributed by atoms with van der Waals surface area (Å²) in [5.74, 6) is 0. The lowest BCUT2D eigenvalue weighted by atomic mass is 10.1. The Kier molecular flexibility index (Phi) is 4.35. The van der Waals surface area contributed by atoms with Crippen molar-refractivity contribution in [3.63, 3.8) is 0 Å². The number of rotatable bonds is 2. The Morgan fingerprint density at radius 1 is 1.43 bits per heavy atom. The molecule has 0 aliphatic rings. The van der Waals surface area contributed by atoms with Gasteiger partial charge in [-0.3, -0.25) is 0 Å². The number of nitrogen functional groups attached to an aromatic ring is 1. The predicted octanol–water partition coefficient (Wildman–Crippen LogP) is 1.91. The molecule has 0 aliphatic carbocycles. The van der Waals surface area contributed by atoms with Gasteiger partial charge in [-0.15, -0.1) is 16.3 Å². The van der Waals surface area contributed by atoms with E-state index in [0.717, 1.165) is 6.07 Å². The fraction of sp³-hybridized carbons (Fsp3) is 0.250. The molecule has 0 bridgehead atoms. The maximum atomic E-state index is 12.6. The molecule has 0 heterocycles. The minimum Gasteiger partial charge on any atom is -0.397 e. The lowest BCUT2D eigenvalue weighted by Crippen LogP contribution is -2.02. The van der Waals surface area contributed by atoms with Gasteiger partial charge < -0.3 is 5.73 Å². The number of nitrogens with two attached hydrogens (primary N) is 1. The minimum absolute atomic E-state index is 0. The molecule has 0 unspecified atom stereocenters. The van der Waals surface area contributed by atoms with Gasteiger partial charge in [-0.05, 0) is 18.1 Å². The summed E-state index contributed by atoms with van der Waals surface area (Å²) in [6.07, 6.45) is 0.579. The highest BCUT2D eigenvalue weighted by molar-refractivity contribution is 7.86. The molecule has 1 aromatic rings. The van der Waals surface area contributed by atoms with Crippen LogP contribution in [0.2, 0.25) is 0 Å². The van der Waals surface area contributed by atoms with Crippen LogP contribution in [0.1, 0.15) is 12.5 Å². The molecular formula is C8H11ClFNO2S. The Morgan fingerprint density at radius 2 is 2.00 bits per heavy atom. The summed E-state index contributed by atoms with van der Waals surface area (Å²) < 4.78 is 33.7. The molecule has 0 fully saturated rings. The van der Waals surface area contributed by atoms with Gasteiger partial charge in [0, 0.05) is 0 Å². The third kappa shape index (κ3) is 2.59. The standard InChI is InChI=1S/C8H10FNO2S.ClH/c1-2-6-4-3-5-7(8(6)10)13(9,11)12;/h3-5H,2,10H2,1H3;1H. The molecule has 2 N–H and O–H groups in total. The molecule has 0 saturated carbocycles. The van der Waals surface area contributed by atoms with Crippen LogP contribution < -0.4 is 5.73 Å². The number of anilines is 1. The third-order valence-corrected chi connectivity index (χ3v) is 2.68. The molecule has 6 heteroatoms. The van der Waals surface area contributed by atoms with Crippen LogP contribution in [0.5, 0.6) is 0 Å². The first kappa shape index (κ1) is 13.2. The normalized spacial score (nSPS) is 10.7. The van der Waals surface area contributed by atoms with Crippen LogP contribution in [0.3, 0.4) is 0 Å². The van der Waals surface area contributed by atoms with Crippen LogP contribution in [0.15, 0.2) is 23.1 Å². The topological polar surface area (TPSA) is 60.2 Å². The third-order valence-electron chi connectivity index (χ3n) is 1.80. The summed E-state index contributed by atoms with van der Waals surface area (Å²) in [7, 11) is -4.69. The number of halogens is 2. The Labute approximate surface area is 88.7 Å². The first-order valence-corrected chi connectivity index (χ1v) is 5.17. The molecule has 0 radical (unpaired) electrons. The van der Waals surface area contributed by atoms with Gasteiger partial charge in [0.25, 0.3) is 0 Å². The monoisotopic (exact) mass is 239 g/mol. The molecule has 0 spiro atoms. The summed E-state index contributed by atoms with van der Waals surface area (Å²) in [6.45, 7) is 1.82. The van der Waals surface area contributed by atoms with Crippen molar-refractivity contribution in [2.75, 3.05) is 5.73 Å². The van der Waals surface area contributed by atoms with E-state index in [-0.39, 0.29) is 18.1 Å². The smallest absolute Gasteiger partial charge is 0.334 e. The van der Waals surface area contributed by atoms with E-state index in [4.69, 9.17) is 5.73 Å². The Balaban J connectivity index is 0.00000169. The molecule has 1 rings (SSSR count). The molecule has 80 valence electrons. The number of benzene rings is 1. The van der Waals surface area contributed by atoms with Crippen LogP contribution in [-0.2, 0) is 16.6 Å². The van der Waals surface area contributed by atoms with Crippen molar-refractivity contribution in [1.29, 1.82) is 0 Å². The van der Waals surface area contributed by atoms with Crippen LogP contribution in [0.25, 0.3) is 0 Å². The van der Waals surface area contributed by atoms with Crippen LogP contribution >= 0.6 is 12.4 Å². The maximum absolute atomic E-state index is 12.6. The van der Waals surface area contributed by atoms with Crippen molar-refractivity contribution in [3.8, 4) is 0 Å². The van der Waals surface area contributed by atoms with E-state index in [0.29, 0.717) is 12.0 Å². The van der Waals surface area contributed by atoms with Gasteiger partial charge in [0.1, 0.15) is 4.90 Å². The SMILES string of the molecule is CCc1cccc(S(=O)(=O)F)c1N.Cl. The van der Waals surface area contributed by atoms with Crippen LogP contribution in [-0.4, -0.2) is 8.42 Å². The molecule has 0 amide bonds. The number of para-hydroxylation sites is 1. The van der Waals surface area contributed by atoms with Crippen molar-refractivity contribution >= 4 is 28.3 Å². The average Bonchev–Trinajstić information content (AvgIpc) is 2.02. The number of hydrogen-bond acceptors (Lipinski definition) is 3. The lowest BCUT2D eigenvalue weighted by molar-refractivity contribution is 0.552. The highest BCUT2D eigenvalue weighted by Gasteiger charge is 2.16. The molecular weight excluding hydrogens is 229 g/mol. The summed E-state index contributed by atoms with van der Waals surface area (Å²) >= 11 is 0. The van der Waals surface area contributed by atoms with Gasteiger partial charge in [0.15, 0.2) is 0 Å². The van der Waals surface area contributed by atoms with Crippen molar-refractivity contribution in [2.45, 2.75) is 18.2 Å². The Morgan fingerprint density at radius 3 is 2.43 bits per heavy atom. The van der Waals surface area contributed by atoms with Gasteiger partial charge in [-0.2, -0.15) is 8.42 Å². The highest BCUT2D eigenvalue weighted by atomic mass is 35.5. The van der Waals surface area contributed by atoms with E-state index < -0.39 is 15.1 Å². The lowest BCUT2D eigenvalue weighted by Gasteiger charge is -2.05. The van der Waals surface area contributed by atoms with Gasteiger partial charge in [-0.25, -0.2) is 0 Å². The average molecular weight is 240 g/mol. The van der Waals surface area contributed by atoms with Gasteiger partial charge in [0.05, 0.1) is 5.69 Å². The first-order valence-electron chi connectivity index (χ1n) is 3.79. The summed E-state index contributed by atoms with van der Waals surface area (Å²) in [6, 6.07) is 4.30. The van der Waals surface area contributed by atoms with Gasteiger partial charge >= 0.3 is 10.2 Å². The first-order chi connectivity index (χ1) is 5.96. The van der Waals surface area contributed by atoms with E-state index in [2.05, 4.69) is 0 Å². The Hall–Kier alpha value is -0.810. The second-order valence-electron chi connectivity index (χ2n) is 2.62. The quantitative estimate of drug-likeness (QED) is 0.634. The van der Waals surface area contributed by atoms with E-state index in [1.807, 2.05) is 6.92 Å². The zero-order chi connectivity index (χ0) is 10.1. The molecule has 0 atom stereocenters. The van der Waals surface area contributed by atoms with Crippen molar-refractivity contribution in [3.05, 3.63) is 23.8 Å². The second kappa shape index (κ2) is 4.61. The van der Waals surface area contributed by atoms with Crippen molar-refractivity contribution < 1.29 is 12.3 Å². The molecule has 3 nitrogen and oxygen atoms in total. The zero-order valence-electron chi connectivity index (χ0n) is 7.53. The van der Waals surface area contributed by atoms with Crippen LogP contribution in [0.4, 0.5) is 9.57 Å². The van der Waals surface area contributed by atoms with E-state index >= 15 is 0 Å². The van der Waals surface area contributed by atoms with Crippen molar-refractivity contribution in [1.82, 2.24) is 0 Å². The Bertz CT molecular complexity index is 419. The van der Waals surface area contributed by atoms with E-state index in [1.165, 1.54) is 6.07 Å². The zero-order valence-corrected chi connectivity index (χ0v) is 9.16. The maximum Gasteiger partial charge on any atom is 0.334 e. The summed E-state index contributed by atoms with van der Waals surface area (Å²) in [5, 5.41) is 0. The second-order valence-corrected chi connectivity index (χ2v) is 3.94. The molecule has 14 heavy (non-hydrogen) atoms. The van der Waals surface area contributed by atoms with Gasteiger partial charge in [0.2, 0.25) is 0 Å². The highest BCUT2D eigenvalue weighted by Crippen LogP contribution is 2.23. The molecule has 0 saturated heterocycles. The fourth-order valence-electron chi connectivity index (χ4n) is 1.11. The number of aryl methyl sites for hydroxylation is 1. The fourth-order valence-corrected chi connectivity index (χ4v) is 1.75. The number of hydrogen-bond donors (Lipinski definition) is 1. The largest absolute Gasteiger partial charge is 0.397 e.